The largest absolute Gasteiger partial charge is 0.337 e. The molecule has 5 nitrogen and oxygen atoms in total. The van der Waals surface area contributed by atoms with Crippen LogP contribution < -0.4 is 0 Å². The Balaban J connectivity index is 1.74. The van der Waals surface area contributed by atoms with Crippen molar-refractivity contribution in [3.8, 4) is 11.4 Å². The van der Waals surface area contributed by atoms with Gasteiger partial charge in [0.1, 0.15) is 5.82 Å². The van der Waals surface area contributed by atoms with Gasteiger partial charge in [0.05, 0.1) is 12.1 Å². The van der Waals surface area contributed by atoms with Crippen LogP contribution in [0, 0.1) is 5.82 Å². The Kier molecular flexibility index (Phi) is 4.57. The molecule has 0 unspecified atom stereocenters. The highest BCUT2D eigenvalue weighted by Crippen LogP contribution is 2.18. The van der Waals surface area contributed by atoms with Crippen molar-refractivity contribution < 1.29 is 13.7 Å². The van der Waals surface area contributed by atoms with Crippen LogP contribution in [0.25, 0.3) is 11.4 Å². The molecule has 0 bridgehead atoms. The monoisotopic (exact) mass is 345 g/mol. The Morgan fingerprint density at radius 1 is 1.25 bits per heavy atom. The lowest BCUT2D eigenvalue weighted by Crippen LogP contribution is -2.27. The van der Waals surface area contributed by atoms with Crippen molar-refractivity contribution >= 4 is 17.5 Å². The van der Waals surface area contributed by atoms with Crippen LogP contribution >= 0.6 is 11.6 Å². The van der Waals surface area contributed by atoms with Crippen molar-refractivity contribution in [1.29, 1.82) is 0 Å². The first-order chi connectivity index (χ1) is 11.5. The maximum atomic E-state index is 13.8. The van der Waals surface area contributed by atoms with E-state index in [1.165, 1.54) is 24.1 Å². The molecule has 1 amide bonds. The minimum absolute atomic E-state index is 0.0651. The molecule has 0 N–H and O–H groups in total. The maximum absolute atomic E-state index is 13.8. The molecule has 0 atom stereocenters. The molecule has 7 heteroatoms. The molecule has 3 aromatic rings. The topological polar surface area (TPSA) is 59.2 Å². The summed E-state index contributed by atoms with van der Waals surface area (Å²) in [5.41, 5.74) is 0.745. The molecule has 0 aliphatic rings. The summed E-state index contributed by atoms with van der Waals surface area (Å²) in [4.78, 5) is 17.9. The Morgan fingerprint density at radius 2 is 2.00 bits per heavy atom. The fourth-order valence-corrected chi connectivity index (χ4v) is 2.33. The van der Waals surface area contributed by atoms with Gasteiger partial charge >= 0.3 is 0 Å². The fourth-order valence-electron chi connectivity index (χ4n) is 2.17. The van der Waals surface area contributed by atoms with Gasteiger partial charge in [0, 0.05) is 17.6 Å². The van der Waals surface area contributed by atoms with E-state index in [4.69, 9.17) is 16.1 Å². The average Bonchev–Trinajstić information content (AvgIpc) is 3.03. The lowest BCUT2D eigenvalue weighted by molar-refractivity contribution is 0.0765. The number of hydrogen-bond acceptors (Lipinski definition) is 4. The van der Waals surface area contributed by atoms with Crippen LogP contribution in [0.4, 0.5) is 4.39 Å². The summed E-state index contributed by atoms with van der Waals surface area (Å²) in [5.74, 6) is -0.471. The van der Waals surface area contributed by atoms with E-state index < -0.39 is 11.7 Å². The summed E-state index contributed by atoms with van der Waals surface area (Å²) in [5, 5.41) is 4.12. The second kappa shape index (κ2) is 6.80. The molecule has 1 aromatic heterocycles. The standard InChI is InChI=1S/C17H13ClFN3O2/c1-22(17(23)13-8-7-12(18)9-14(13)19)10-15-20-16(21-24-15)11-5-3-2-4-6-11/h2-9H,10H2,1H3. The Labute approximate surface area is 142 Å². The second-order valence-electron chi connectivity index (χ2n) is 5.16. The number of hydrogen-bond donors (Lipinski definition) is 0. The molecule has 24 heavy (non-hydrogen) atoms. The molecule has 0 aliphatic heterocycles. The average molecular weight is 346 g/mol. The molecule has 1 heterocycles. The molecule has 3 rings (SSSR count). The number of carbonyl (C=O) groups is 1. The third kappa shape index (κ3) is 3.44. The lowest BCUT2D eigenvalue weighted by Gasteiger charge is -2.15. The van der Waals surface area contributed by atoms with Gasteiger partial charge in [0.15, 0.2) is 0 Å². The van der Waals surface area contributed by atoms with E-state index in [2.05, 4.69) is 10.1 Å². The molecular formula is C17H13ClFN3O2. The summed E-state index contributed by atoms with van der Waals surface area (Å²) in [6, 6.07) is 13.2. The van der Waals surface area contributed by atoms with Crippen molar-refractivity contribution in [1.82, 2.24) is 15.0 Å². The normalized spacial score (nSPS) is 10.6. The van der Waals surface area contributed by atoms with E-state index in [-0.39, 0.29) is 23.0 Å². The van der Waals surface area contributed by atoms with E-state index in [1.807, 2.05) is 30.3 Å². The summed E-state index contributed by atoms with van der Waals surface area (Å²) in [6.45, 7) is 0.0702. The zero-order valence-corrected chi connectivity index (χ0v) is 13.5. The molecule has 0 radical (unpaired) electrons. The predicted molar refractivity (Wildman–Crippen MR) is 86.9 cm³/mol. The third-order valence-electron chi connectivity index (χ3n) is 3.38. The van der Waals surface area contributed by atoms with Crippen LogP contribution in [0.5, 0.6) is 0 Å². The van der Waals surface area contributed by atoms with Crippen LogP contribution in [0.3, 0.4) is 0 Å². The molecule has 0 spiro atoms. The first kappa shape index (κ1) is 16.1. The van der Waals surface area contributed by atoms with Crippen LogP contribution in [-0.4, -0.2) is 28.0 Å². The molecular weight excluding hydrogens is 333 g/mol. The number of nitrogens with zero attached hydrogens (tertiary/aromatic N) is 3. The van der Waals surface area contributed by atoms with E-state index >= 15 is 0 Å². The quantitative estimate of drug-likeness (QED) is 0.721. The highest BCUT2D eigenvalue weighted by Gasteiger charge is 2.19. The van der Waals surface area contributed by atoms with Crippen molar-refractivity contribution in [2.75, 3.05) is 7.05 Å². The van der Waals surface area contributed by atoms with Crippen LogP contribution in [0.1, 0.15) is 16.2 Å². The number of carbonyl (C=O) groups excluding carboxylic acids is 1. The van der Waals surface area contributed by atoms with Gasteiger partial charge in [-0.05, 0) is 18.2 Å². The number of rotatable bonds is 4. The van der Waals surface area contributed by atoms with Crippen molar-refractivity contribution in [2.45, 2.75) is 6.54 Å². The molecule has 0 fully saturated rings. The first-order valence-electron chi connectivity index (χ1n) is 7.13. The second-order valence-corrected chi connectivity index (χ2v) is 5.60. The number of benzene rings is 2. The van der Waals surface area contributed by atoms with Gasteiger partial charge < -0.3 is 9.42 Å². The highest BCUT2D eigenvalue weighted by atomic mass is 35.5. The number of halogens is 2. The van der Waals surface area contributed by atoms with E-state index in [9.17, 15) is 9.18 Å². The first-order valence-corrected chi connectivity index (χ1v) is 7.51. The minimum atomic E-state index is -0.671. The Hall–Kier alpha value is -2.73. The van der Waals surface area contributed by atoms with Crippen molar-refractivity contribution in [3.63, 3.8) is 0 Å². The molecule has 0 saturated heterocycles. The Bertz CT molecular complexity index is 867. The highest BCUT2D eigenvalue weighted by molar-refractivity contribution is 6.30. The van der Waals surface area contributed by atoms with Gasteiger partial charge in [-0.25, -0.2) is 4.39 Å². The van der Waals surface area contributed by atoms with Crippen LogP contribution in [0.2, 0.25) is 5.02 Å². The van der Waals surface area contributed by atoms with Crippen LogP contribution in [-0.2, 0) is 6.54 Å². The maximum Gasteiger partial charge on any atom is 0.257 e. The number of aromatic nitrogens is 2. The summed E-state index contributed by atoms with van der Waals surface area (Å²) in [6.07, 6.45) is 0. The van der Waals surface area contributed by atoms with Gasteiger partial charge in [-0.3, -0.25) is 4.79 Å². The third-order valence-corrected chi connectivity index (χ3v) is 3.62. The summed E-state index contributed by atoms with van der Waals surface area (Å²) >= 11 is 5.69. The Morgan fingerprint density at radius 3 is 2.71 bits per heavy atom. The fraction of sp³-hybridized carbons (Fsp3) is 0.118. The summed E-state index contributed by atoms with van der Waals surface area (Å²) in [7, 11) is 1.53. The van der Waals surface area contributed by atoms with Crippen molar-refractivity contribution in [2.24, 2.45) is 0 Å². The zero-order chi connectivity index (χ0) is 17.1. The predicted octanol–water partition coefficient (Wildman–Crippen LogP) is 3.80. The van der Waals surface area contributed by atoms with E-state index in [1.54, 1.807) is 0 Å². The smallest absolute Gasteiger partial charge is 0.257 e. The molecule has 2 aromatic carbocycles. The van der Waals surface area contributed by atoms with Gasteiger partial charge in [0.2, 0.25) is 11.7 Å². The molecule has 0 saturated carbocycles. The lowest BCUT2D eigenvalue weighted by atomic mass is 10.2. The molecule has 0 aliphatic carbocycles. The van der Waals surface area contributed by atoms with Crippen molar-refractivity contribution in [3.05, 3.63) is 70.8 Å². The van der Waals surface area contributed by atoms with Crippen LogP contribution in [0.15, 0.2) is 53.1 Å². The van der Waals surface area contributed by atoms with Gasteiger partial charge in [0.25, 0.3) is 5.91 Å². The molecule has 122 valence electrons. The van der Waals surface area contributed by atoms with Gasteiger partial charge in [-0.15, -0.1) is 0 Å². The van der Waals surface area contributed by atoms with E-state index in [0.29, 0.717) is 5.82 Å². The number of amides is 1. The summed E-state index contributed by atoms with van der Waals surface area (Å²) < 4.78 is 19.0. The SMILES string of the molecule is CN(Cc1nc(-c2ccccc2)no1)C(=O)c1ccc(Cl)cc1F. The zero-order valence-electron chi connectivity index (χ0n) is 12.7. The van der Waals surface area contributed by atoms with E-state index in [0.717, 1.165) is 11.6 Å². The van der Waals surface area contributed by atoms with Gasteiger partial charge in [-0.1, -0.05) is 47.1 Å². The van der Waals surface area contributed by atoms with Gasteiger partial charge in [-0.2, -0.15) is 4.98 Å². The minimum Gasteiger partial charge on any atom is -0.337 e.